The van der Waals surface area contributed by atoms with Gasteiger partial charge in [-0.3, -0.25) is 4.98 Å². The van der Waals surface area contributed by atoms with Crippen LogP contribution in [0.25, 0.3) is 6.08 Å². The lowest BCUT2D eigenvalue weighted by Crippen LogP contribution is -2.55. The summed E-state index contributed by atoms with van der Waals surface area (Å²) in [5.41, 5.74) is 8.48. The van der Waals surface area contributed by atoms with Gasteiger partial charge < -0.3 is 35.8 Å². The lowest BCUT2D eigenvalue weighted by atomic mass is 9.73. The number of H-pyrrole nitrogens is 1. The first-order valence-corrected chi connectivity index (χ1v) is 13.2. The molecule has 1 aliphatic carbocycles. The van der Waals surface area contributed by atoms with Crippen LogP contribution in [-0.4, -0.2) is 65.0 Å². The molecular formula is C29H35F2N7O3. The van der Waals surface area contributed by atoms with E-state index in [1.54, 1.807) is 30.5 Å². The van der Waals surface area contributed by atoms with Crippen LogP contribution in [-0.2, 0) is 16.1 Å². The SMILES string of the molecule is COCc1cc(F)c(C(=N)/C=C\c2cnc(Nc3cnccc3[C@H]3C[C@@H](N)[C@@H](N(C)C(=O)OC)[C@@H](C)C3)[nH]2)c(F)c1. The number of carbonyl (C=O) groups excluding carboxylic acids is 1. The number of aromatic amines is 1. The Morgan fingerprint density at radius 3 is 2.66 bits per heavy atom. The third-order valence-corrected chi connectivity index (χ3v) is 7.40. The van der Waals surface area contributed by atoms with E-state index in [1.807, 2.05) is 6.07 Å². The molecule has 5 N–H and O–H groups in total. The van der Waals surface area contributed by atoms with Crippen molar-refractivity contribution >= 4 is 29.5 Å². The molecular weight excluding hydrogens is 532 g/mol. The van der Waals surface area contributed by atoms with Gasteiger partial charge in [0.2, 0.25) is 5.95 Å². The number of likely N-dealkylation sites (N-methyl/N-ethyl adjacent to an activating group) is 1. The third kappa shape index (κ3) is 6.77. The van der Waals surface area contributed by atoms with Gasteiger partial charge in [0.25, 0.3) is 0 Å². The number of anilines is 2. The van der Waals surface area contributed by atoms with Crippen LogP contribution in [0.15, 0.2) is 42.9 Å². The van der Waals surface area contributed by atoms with Crippen LogP contribution in [0, 0.1) is 23.0 Å². The van der Waals surface area contributed by atoms with Crippen LogP contribution < -0.4 is 11.1 Å². The predicted molar refractivity (Wildman–Crippen MR) is 152 cm³/mol. The van der Waals surface area contributed by atoms with Gasteiger partial charge >= 0.3 is 6.09 Å². The van der Waals surface area contributed by atoms with Gasteiger partial charge in [-0.15, -0.1) is 0 Å². The highest BCUT2D eigenvalue weighted by molar-refractivity contribution is 6.09. The molecule has 1 saturated carbocycles. The second kappa shape index (κ2) is 13.0. The highest BCUT2D eigenvalue weighted by Crippen LogP contribution is 2.40. The number of allylic oxidation sites excluding steroid dienone is 1. The molecule has 1 aromatic carbocycles. The fourth-order valence-electron chi connectivity index (χ4n) is 5.63. The summed E-state index contributed by atoms with van der Waals surface area (Å²) in [6.45, 7) is 2.15. The highest BCUT2D eigenvalue weighted by atomic mass is 19.1. The number of nitrogens with two attached hydrogens (primary N) is 1. The Kier molecular flexibility index (Phi) is 9.46. The van der Waals surface area contributed by atoms with Gasteiger partial charge in [0.05, 0.1) is 54.8 Å². The summed E-state index contributed by atoms with van der Waals surface area (Å²) in [7, 11) is 4.51. The fraction of sp³-hybridized carbons (Fsp3) is 0.379. The van der Waals surface area contributed by atoms with E-state index in [1.165, 1.54) is 26.4 Å². The third-order valence-electron chi connectivity index (χ3n) is 7.40. The summed E-state index contributed by atoms with van der Waals surface area (Å²) in [5.74, 6) is -0.966. The molecule has 1 amide bonds. The number of nitrogens with zero attached hydrogens (tertiary/aromatic N) is 3. The average Bonchev–Trinajstić information content (AvgIpc) is 3.38. The Morgan fingerprint density at radius 2 is 2.00 bits per heavy atom. The molecule has 0 saturated heterocycles. The molecule has 4 atom stereocenters. The molecule has 0 aliphatic heterocycles. The van der Waals surface area contributed by atoms with Crippen molar-refractivity contribution in [3.05, 3.63) is 76.9 Å². The number of nitrogens with one attached hydrogen (secondary N) is 3. The quantitative estimate of drug-likeness (QED) is 0.268. The van der Waals surface area contributed by atoms with Crippen LogP contribution in [0.5, 0.6) is 0 Å². The molecule has 3 aromatic rings. The lowest BCUT2D eigenvalue weighted by molar-refractivity contribution is 0.0778. The second-order valence-electron chi connectivity index (χ2n) is 10.3. The molecule has 0 unspecified atom stereocenters. The maximum absolute atomic E-state index is 14.5. The molecule has 218 valence electrons. The first-order chi connectivity index (χ1) is 19.6. The Balaban J connectivity index is 1.46. The molecule has 12 heteroatoms. The molecule has 1 fully saturated rings. The number of halogens is 2. The van der Waals surface area contributed by atoms with E-state index in [-0.39, 0.29) is 36.2 Å². The van der Waals surface area contributed by atoms with Crippen molar-refractivity contribution in [2.45, 2.75) is 44.4 Å². The summed E-state index contributed by atoms with van der Waals surface area (Å²) in [6, 6.07) is 3.88. The van der Waals surface area contributed by atoms with Crippen LogP contribution in [0.4, 0.5) is 25.2 Å². The molecule has 0 bridgehead atoms. The highest BCUT2D eigenvalue weighted by Gasteiger charge is 2.39. The minimum atomic E-state index is -0.831. The van der Waals surface area contributed by atoms with Crippen LogP contribution in [0.3, 0.4) is 0 Å². The molecule has 2 aromatic heterocycles. The first-order valence-electron chi connectivity index (χ1n) is 13.2. The van der Waals surface area contributed by atoms with Crippen molar-refractivity contribution in [2.75, 3.05) is 26.6 Å². The van der Waals surface area contributed by atoms with E-state index in [0.29, 0.717) is 23.6 Å². The molecule has 41 heavy (non-hydrogen) atoms. The zero-order chi connectivity index (χ0) is 29.7. The normalized spacial score (nSPS) is 20.7. The Bertz CT molecular complexity index is 1390. The summed E-state index contributed by atoms with van der Waals surface area (Å²) < 4.78 is 38.7. The molecule has 0 radical (unpaired) electrons. The van der Waals surface area contributed by atoms with Gasteiger partial charge in [-0.05, 0) is 66.2 Å². The number of aromatic nitrogens is 3. The first kappa shape index (κ1) is 29.8. The Hall–Kier alpha value is -4.16. The van der Waals surface area contributed by atoms with Gasteiger partial charge in [-0.25, -0.2) is 18.6 Å². The van der Waals surface area contributed by atoms with Crippen molar-refractivity contribution in [3.63, 3.8) is 0 Å². The maximum atomic E-state index is 14.5. The van der Waals surface area contributed by atoms with Gasteiger partial charge in [0, 0.05) is 26.4 Å². The van der Waals surface area contributed by atoms with Crippen LogP contribution in [0.1, 0.15) is 48.1 Å². The average molecular weight is 568 g/mol. The van der Waals surface area contributed by atoms with Crippen molar-refractivity contribution in [2.24, 2.45) is 11.7 Å². The van der Waals surface area contributed by atoms with E-state index >= 15 is 0 Å². The van der Waals surface area contributed by atoms with E-state index in [9.17, 15) is 13.6 Å². The molecule has 0 spiro atoms. The van der Waals surface area contributed by atoms with Crippen molar-refractivity contribution in [3.8, 4) is 0 Å². The van der Waals surface area contributed by atoms with E-state index in [0.717, 1.165) is 29.8 Å². The largest absolute Gasteiger partial charge is 0.453 e. The van der Waals surface area contributed by atoms with Crippen LogP contribution >= 0.6 is 0 Å². The second-order valence-corrected chi connectivity index (χ2v) is 10.3. The topological polar surface area (TPSA) is 142 Å². The minimum absolute atomic E-state index is 0.0691. The van der Waals surface area contributed by atoms with Gasteiger partial charge in [-0.1, -0.05) is 6.92 Å². The Labute approximate surface area is 237 Å². The number of methoxy groups -OCH3 is 2. The zero-order valence-electron chi connectivity index (χ0n) is 23.4. The predicted octanol–water partition coefficient (Wildman–Crippen LogP) is 4.96. The number of rotatable bonds is 9. The number of ether oxygens (including phenoxy) is 2. The number of pyridine rings is 1. The summed E-state index contributed by atoms with van der Waals surface area (Å²) in [5, 5.41) is 11.4. The summed E-state index contributed by atoms with van der Waals surface area (Å²) in [6.07, 6.45) is 8.88. The molecule has 2 heterocycles. The monoisotopic (exact) mass is 567 g/mol. The number of carbonyl (C=O) groups is 1. The minimum Gasteiger partial charge on any atom is -0.453 e. The zero-order valence-corrected chi connectivity index (χ0v) is 23.4. The van der Waals surface area contributed by atoms with E-state index in [4.69, 9.17) is 20.6 Å². The van der Waals surface area contributed by atoms with Crippen molar-refractivity contribution in [1.82, 2.24) is 19.9 Å². The maximum Gasteiger partial charge on any atom is 0.409 e. The van der Waals surface area contributed by atoms with E-state index < -0.39 is 23.3 Å². The molecule has 1 aliphatic rings. The van der Waals surface area contributed by atoms with Crippen molar-refractivity contribution in [1.29, 1.82) is 5.41 Å². The van der Waals surface area contributed by atoms with Gasteiger partial charge in [0.1, 0.15) is 11.6 Å². The number of benzene rings is 1. The number of imidazole rings is 1. The standard InChI is InChI=1S/C29H35F2N7O3/c1-16-9-18(12-24(33)27(16)38(2)29(39)41-4)20-7-8-34-14-25(20)37-28-35-13-19(36-28)5-6-23(32)26-21(30)10-17(15-40-3)11-22(26)31/h5-8,10-11,13-14,16,18,24,27,32H,9,12,15,33H2,1-4H3,(H2,35,36,37)/b6-5-,32-23?/t16-,18+,24+,27-/m0/s1. The van der Waals surface area contributed by atoms with Crippen LogP contribution in [0.2, 0.25) is 0 Å². The van der Waals surface area contributed by atoms with E-state index in [2.05, 4.69) is 27.2 Å². The summed E-state index contributed by atoms with van der Waals surface area (Å²) >= 11 is 0. The summed E-state index contributed by atoms with van der Waals surface area (Å²) in [4.78, 5) is 25.4. The van der Waals surface area contributed by atoms with Crippen molar-refractivity contribution < 1.29 is 23.0 Å². The Morgan fingerprint density at radius 1 is 1.27 bits per heavy atom. The molecule has 10 nitrogen and oxygen atoms in total. The van der Waals surface area contributed by atoms with Gasteiger partial charge in [-0.2, -0.15) is 0 Å². The number of amides is 1. The molecule has 4 rings (SSSR count). The fourth-order valence-corrected chi connectivity index (χ4v) is 5.63. The number of hydrogen-bond donors (Lipinski definition) is 4. The number of hydrogen-bond acceptors (Lipinski definition) is 8. The smallest absolute Gasteiger partial charge is 0.409 e. The lowest BCUT2D eigenvalue weighted by Gasteiger charge is -2.43. The van der Waals surface area contributed by atoms with Gasteiger partial charge in [0.15, 0.2) is 0 Å².